The van der Waals surface area contributed by atoms with E-state index in [1.807, 2.05) is 0 Å². The molecule has 0 aromatic heterocycles. The first-order valence-electron chi connectivity index (χ1n) is 7.24. The number of nitro groups is 1. The molecule has 0 atom stereocenters. The van der Waals surface area contributed by atoms with Crippen molar-refractivity contribution in [3.8, 4) is 5.75 Å². The summed E-state index contributed by atoms with van der Waals surface area (Å²) in [5, 5.41) is 10.9. The fourth-order valence-electron chi connectivity index (χ4n) is 2.79. The van der Waals surface area contributed by atoms with Crippen molar-refractivity contribution < 1.29 is 9.66 Å². The van der Waals surface area contributed by atoms with Gasteiger partial charge in [0.05, 0.1) is 11.5 Å². The van der Waals surface area contributed by atoms with Crippen LogP contribution in [0, 0.1) is 15.5 Å². The Kier molecular flexibility index (Phi) is 5.76. The zero-order chi connectivity index (χ0) is 15.3. The lowest BCUT2D eigenvalue weighted by atomic mass is 9.83. The second-order valence-electron chi connectivity index (χ2n) is 5.73. The minimum Gasteiger partial charge on any atom is -0.493 e. The molecular formula is C15H20ClNO3S. The minimum atomic E-state index is -0.493. The summed E-state index contributed by atoms with van der Waals surface area (Å²) in [4.78, 5) is 10.3. The van der Waals surface area contributed by atoms with E-state index in [-0.39, 0.29) is 16.1 Å². The van der Waals surface area contributed by atoms with E-state index in [0.29, 0.717) is 12.4 Å². The Hall–Kier alpha value is -0.940. The van der Waals surface area contributed by atoms with Crippen molar-refractivity contribution in [3.05, 3.63) is 33.3 Å². The second-order valence-corrected chi connectivity index (χ2v) is 6.45. The van der Waals surface area contributed by atoms with Crippen molar-refractivity contribution in [2.45, 2.75) is 38.5 Å². The standard InChI is InChI=1S/C15H20ClNO3S/c16-13-9-12(5-6-14(13)17(18)19)20-10-15(11-21)7-3-1-2-4-8-15/h5-6,9,21H,1-4,7-8,10-11H2. The van der Waals surface area contributed by atoms with Gasteiger partial charge in [-0.15, -0.1) is 0 Å². The van der Waals surface area contributed by atoms with Crippen LogP contribution >= 0.6 is 24.2 Å². The molecule has 1 aliphatic rings. The Morgan fingerprint density at radius 2 is 1.95 bits per heavy atom. The average molecular weight is 330 g/mol. The van der Waals surface area contributed by atoms with E-state index in [0.717, 1.165) is 18.6 Å². The number of hydrogen-bond acceptors (Lipinski definition) is 4. The lowest BCUT2D eigenvalue weighted by Crippen LogP contribution is -2.30. The first kappa shape index (κ1) is 16.4. The Bertz CT molecular complexity index is 502. The maximum absolute atomic E-state index is 10.7. The van der Waals surface area contributed by atoms with E-state index < -0.39 is 4.92 Å². The van der Waals surface area contributed by atoms with Crippen molar-refractivity contribution in [2.75, 3.05) is 12.4 Å². The van der Waals surface area contributed by atoms with Crippen LogP contribution in [-0.2, 0) is 0 Å². The van der Waals surface area contributed by atoms with Crippen LogP contribution in [0.5, 0.6) is 5.75 Å². The highest BCUT2D eigenvalue weighted by molar-refractivity contribution is 7.80. The maximum atomic E-state index is 10.7. The van der Waals surface area contributed by atoms with Gasteiger partial charge in [-0.1, -0.05) is 37.3 Å². The molecule has 116 valence electrons. The quantitative estimate of drug-likeness (QED) is 0.362. The molecule has 21 heavy (non-hydrogen) atoms. The molecule has 0 heterocycles. The van der Waals surface area contributed by atoms with Crippen LogP contribution in [0.25, 0.3) is 0 Å². The van der Waals surface area contributed by atoms with Crippen molar-refractivity contribution in [1.82, 2.24) is 0 Å². The molecule has 0 bridgehead atoms. The second kappa shape index (κ2) is 7.36. The predicted octanol–water partition coefficient (Wildman–Crippen LogP) is 4.90. The Labute approximate surface area is 135 Å². The molecule has 4 nitrogen and oxygen atoms in total. The number of rotatable bonds is 5. The van der Waals surface area contributed by atoms with Crippen molar-refractivity contribution in [3.63, 3.8) is 0 Å². The zero-order valence-corrected chi connectivity index (χ0v) is 13.5. The number of hydrogen-bond donors (Lipinski definition) is 1. The third-order valence-corrected chi connectivity index (χ3v) is 5.13. The summed E-state index contributed by atoms with van der Waals surface area (Å²) in [6, 6.07) is 4.51. The van der Waals surface area contributed by atoms with E-state index >= 15 is 0 Å². The van der Waals surface area contributed by atoms with E-state index in [9.17, 15) is 10.1 Å². The van der Waals surface area contributed by atoms with Crippen LogP contribution in [0.15, 0.2) is 18.2 Å². The molecule has 0 amide bonds. The van der Waals surface area contributed by atoms with E-state index in [1.54, 1.807) is 6.07 Å². The van der Waals surface area contributed by atoms with Gasteiger partial charge in [0.1, 0.15) is 10.8 Å². The number of ether oxygens (including phenoxy) is 1. The highest BCUT2D eigenvalue weighted by Gasteiger charge is 2.30. The van der Waals surface area contributed by atoms with Gasteiger partial charge in [-0.05, 0) is 24.7 Å². The van der Waals surface area contributed by atoms with Gasteiger partial charge in [-0.3, -0.25) is 10.1 Å². The summed E-state index contributed by atoms with van der Waals surface area (Å²) in [7, 11) is 0. The highest BCUT2D eigenvalue weighted by atomic mass is 35.5. The van der Waals surface area contributed by atoms with Gasteiger partial charge in [-0.25, -0.2) is 0 Å². The predicted molar refractivity (Wildman–Crippen MR) is 87.6 cm³/mol. The van der Waals surface area contributed by atoms with Crippen molar-refractivity contribution in [1.29, 1.82) is 0 Å². The fourth-order valence-corrected chi connectivity index (χ4v) is 3.44. The van der Waals surface area contributed by atoms with Crippen LogP contribution < -0.4 is 4.74 Å². The fraction of sp³-hybridized carbons (Fsp3) is 0.600. The summed E-state index contributed by atoms with van der Waals surface area (Å²) < 4.78 is 5.85. The number of benzene rings is 1. The lowest BCUT2D eigenvalue weighted by Gasteiger charge is -2.30. The Balaban J connectivity index is 2.04. The molecule has 1 aromatic carbocycles. The SMILES string of the molecule is O=[N+]([O-])c1ccc(OCC2(CS)CCCCCC2)cc1Cl. The van der Waals surface area contributed by atoms with E-state index in [4.69, 9.17) is 16.3 Å². The molecule has 6 heteroatoms. The maximum Gasteiger partial charge on any atom is 0.288 e. The summed E-state index contributed by atoms with van der Waals surface area (Å²) in [5.74, 6) is 1.38. The molecule has 2 rings (SSSR count). The summed E-state index contributed by atoms with van der Waals surface area (Å²) in [6.07, 6.45) is 7.22. The van der Waals surface area contributed by atoms with Crippen LogP contribution in [0.3, 0.4) is 0 Å². The van der Waals surface area contributed by atoms with E-state index in [1.165, 1.54) is 37.8 Å². The summed E-state index contributed by atoms with van der Waals surface area (Å²) >= 11 is 10.4. The molecule has 0 radical (unpaired) electrons. The first-order chi connectivity index (χ1) is 10.1. The molecule has 1 aromatic rings. The molecule has 0 N–H and O–H groups in total. The third-order valence-electron chi connectivity index (χ3n) is 4.16. The van der Waals surface area contributed by atoms with Crippen LogP contribution in [0.1, 0.15) is 38.5 Å². The summed E-state index contributed by atoms with van der Waals surface area (Å²) in [6.45, 7) is 0.588. The molecule has 0 saturated heterocycles. The van der Waals surface area contributed by atoms with Gasteiger partial charge in [-0.2, -0.15) is 12.6 Å². The average Bonchev–Trinajstić information content (AvgIpc) is 2.71. The van der Waals surface area contributed by atoms with Crippen LogP contribution in [-0.4, -0.2) is 17.3 Å². The molecule has 1 saturated carbocycles. The minimum absolute atomic E-state index is 0.0950. The number of nitro benzene ring substituents is 1. The number of nitrogens with zero attached hydrogens (tertiary/aromatic N) is 1. The van der Waals surface area contributed by atoms with E-state index in [2.05, 4.69) is 12.6 Å². The van der Waals surface area contributed by atoms with Gasteiger partial charge < -0.3 is 4.74 Å². The normalized spacial score (nSPS) is 18.0. The molecular weight excluding hydrogens is 310 g/mol. The monoisotopic (exact) mass is 329 g/mol. The smallest absolute Gasteiger partial charge is 0.288 e. The van der Waals surface area contributed by atoms with Crippen molar-refractivity contribution in [2.24, 2.45) is 5.41 Å². The van der Waals surface area contributed by atoms with Gasteiger partial charge in [0, 0.05) is 17.5 Å². The molecule has 0 spiro atoms. The Morgan fingerprint density at radius 3 is 2.48 bits per heavy atom. The number of thiol groups is 1. The van der Waals surface area contributed by atoms with Gasteiger partial charge in [0.15, 0.2) is 0 Å². The van der Waals surface area contributed by atoms with Gasteiger partial charge in [0.2, 0.25) is 0 Å². The zero-order valence-electron chi connectivity index (χ0n) is 11.9. The molecule has 0 aliphatic heterocycles. The van der Waals surface area contributed by atoms with Gasteiger partial charge >= 0.3 is 0 Å². The van der Waals surface area contributed by atoms with Crippen molar-refractivity contribution >= 4 is 29.9 Å². The molecule has 1 aliphatic carbocycles. The number of halogens is 1. The van der Waals surface area contributed by atoms with Crippen LogP contribution in [0.4, 0.5) is 5.69 Å². The third kappa shape index (κ3) is 4.27. The van der Waals surface area contributed by atoms with Gasteiger partial charge in [0.25, 0.3) is 5.69 Å². The Morgan fingerprint density at radius 1 is 1.29 bits per heavy atom. The van der Waals surface area contributed by atoms with Crippen LogP contribution in [0.2, 0.25) is 5.02 Å². The molecule has 1 fully saturated rings. The highest BCUT2D eigenvalue weighted by Crippen LogP contribution is 2.37. The first-order valence-corrected chi connectivity index (χ1v) is 8.25. The summed E-state index contributed by atoms with van der Waals surface area (Å²) in [5.41, 5.74) is 0.0100. The molecule has 0 unspecified atom stereocenters. The topological polar surface area (TPSA) is 52.4 Å². The largest absolute Gasteiger partial charge is 0.493 e. The lowest BCUT2D eigenvalue weighted by molar-refractivity contribution is -0.384.